The normalized spacial score (nSPS) is 24.1. The van der Waals surface area contributed by atoms with Crippen molar-refractivity contribution >= 4 is 17.7 Å². The van der Waals surface area contributed by atoms with E-state index in [9.17, 15) is 9.90 Å². The molecule has 1 heterocycles. The van der Waals surface area contributed by atoms with Crippen LogP contribution in [0.2, 0.25) is 0 Å². The van der Waals surface area contributed by atoms with Crippen molar-refractivity contribution in [3.63, 3.8) is 0 Å². The largest absolute Gasteiger partial charge is 0.508 e. The summed E-state index contributed by atoms with van der Waals surface area (Å²) in [7, 11) is 1.39. The molecule has 0 aromatic heterocycles. The third-order valence-corrected chi connectivity index (χ3v) is 3.63. The first-order chi connectivity index (χ1) is 8.60. The Morgan fingerprint density at radius 2 is 2.33 bits per heavy atom. The van der Waals surface area contributed by atoms with E-state index in [0.29, 0.717) is 19.5 Å². The summed E-state index contributed by atoms with van der Waals surface area (Å²) < 4.78 is 6.39. The molecule has 1 N–H and O–H groups in total. The van der Waals surface area contributed by atoms with Crippen LogP contribution in [0.25, 0.3) is 0 Å². The molecule has 1 saturated heterocycles. The molecule has 1 aliphatic rings. The topological polar surface area (TPSA) is 49.8 Å². The summed E-state index contributed by atoms with van der Waals surface area (Å²) in [5.74, 6) is 0.278. The molecular weight excluding hydrogens is 254 g/mol. The quantitative estimate of drug-likeness (QED) is 0.675. The van der Waals surface area contributed by atoms with Gasteiger partial charge in [0.15, 0.2) is 0 Å². The van der Waals surface area contributed by atoms with Crippen LogP contribution in [-0.2, 0) is 9.53 Å². The van der Waals surface area contributed by atoms with Crippen molar-refractivity contribution in [1.29, 1.82) is 0 Å². The molecule has 4 nitrogen and oxygen atoms in total. The number of rotatable bonds is 3. The first-order valence-corrected chi connectivity index (χ1v) is 6.20. The number of ether oxygens (including phenoxy) is 1. The van der Waals surface area contributed by atoms with Crippen LogP contribution >= 0.6 is 11.8 Å². The van der Waals surface area contributed by atoms with Crippen LogP contribution in [-0.4, -0.2) is 35.7 Å². The van der Waals surface area contributed by atoms with E-state index in [-0.39, 0.29) is 23.6 Å². The third kappa shape index (κ3) is 2.94. The van der Waals surface area contributed by atoms with Crippen molar-refractivity contribution in [1.82, 2.24) is 4.42 Å². The summed E-state index contributed by atoms with van der Waals surface area (Å²) in [6.45, 7) is 1.32. The van der Waals surface area contributed by atoms with Gasteiger partial charge in [0.2, 0.25) is 0 Å². The number of esters is 1. The Balaban J connectivity index is 2.16. The van der Waals surface area contributed by atoms with Crippen LogP contribution in [0, 0.1) is 5.92 Å². The highest BCUT2D eigenvalue weighted by molar-refractivity contribution is 6.13. The summed E-state index contributed by atoms with van der Waals surface area (Å²) in [5.41, 5.74) is 1.01. The van der Waals surface area contributed by atoms with Crippen molar-refractivity contribution in [3.8, 4) is 5.75 Å². The Kier molecular flexibility index (Phi) is 4.09. The van der Waals surface area contributed by atoms with Crippen LogP contribution in [0.1, 0.15) is 17.9 Å². The SMILES string of the molecule is COC(=O)C[C@H]1CN(Cl)C[C@H]1c1cccc(O)c1. The highest BCUT2D eigenvalue weighted by atomic mass is 35.5. The van der Waals surface area contributed by atoms with Gasteiger partial charge in [-0.1, -0.05) is 12.1 Å². The van der Waals surface area contributed by atoms with Gasteiger partial charge in [0.25, 0.3) is 0 Å². The monoisotopic (exact) mass is 269 g/mol. The number of aromatic hydroxyl groups is 1. The van der Waals surface area contributed by atoms with Gasteiger partial charge in [0.05, 0.1) is 13.5 Å². The van der Waals surface area contributed by atoms with Gasteiger partial charge in [-0.2, -0.15) is 0 Å². The number of hydrogen-bond donors (Lipinski definition) is 1. The fraction of sp³-hybridized carbons (Fsp3) is 0.462. The Bertz CT molecular complexity index is 438. The van der Waals surface area contributed by atoms with Gasteiger partial charge in [-0.25, -0.2) is 4.42 Å². The van der Waals surface area contributed by atoms with E-state index >= 15 is 0 Å². The van der Waals surface area contributed by atoms with Crippen LogP contribution in [0.15, 0.2) is 24.3 Å². The van der Waals surface area contributed by atoms with Gasteiger partial charge in [-0.15, -0.1) is 0 Å². The van der Waals surface area contributed by atoms with Gasteiger partial charge < -0.3 is 9.84 Å². The molecule has 0 saturated carbocycles. The van der Waals surface area contributed by atoms with Gasteiger partial charge in [0, 0.05) is 19.0 Å². The van der Waals surface area contributed by atoms with Gasteiger partial charge in [-0.3, -0.25) is 4.79 Å². The van der Waals surface area contributed by atoms with Crippen LogP contribution in [0.5, 0.6) is 5.75 Å². The molecule has 18 heavy (non-hydrogen) atoms. The van der Waals surface area contributed by atoms with Gasteiger partial charge in [-0.05, 0) is 35.4 Å². The van der Waals surface area contributed by atoms with Crippen molar-refractivity contribution in [2.24, 2.45) is 5.92 Å². The van der Waals surface area contributed by atoms with Gasteiger partial charge >= 0.3 is 5.97 Å². The van der Waals surface area contributed by atoms with Crippen LogP contribution in [0.3, 0.4) is 0 Å². The van der Waals surface area contributed by atoms with E-state index in [2.05, 4.69) is 0 Å². The lowest BCUT2D eigenvalue weighted by Crippen LogP contribution is -2.16. The Morgan fingerprint density at radius 3 is 3.00 bits per heavy atom. The second kappa shape index (κ2) is 5.59. The average molecular weight is 270 g/mol. The van der Waals surface area contributed by atoms with E-state index in [1.807, 2.05) is 6.07 Å². The third-order valence-electron chi connectivity index (χ3n) is 3.35. The molecule has 0 radical (unpaired) electrons. The summed E-state index contributed by atoms with van der Waals surface area (Å²) >= 11 is 6.04. The van der Waals surface area contributed by atoms with Crippen molar-refractivity contribution in [2.45, 2.75) is 12.3 Å². The first-order valence-electron chi connectivity index (χ1n) is 5.86. The smallest absolute Gasteiger partial charge is 0.305 e. The molecule has 0 unspecified atom stereocenters. The maximum absolute atomic E-state index is 11.4. The fourth-order valence-electron chi connectivity index (χ4n) is 2.46. The molecule has 1 aromatic rings. The first kappa shape index (κ1) is 13.2. The lowest BCUT2D eigenvalue weighted by molar-refractivity contribution is -0.141. The highest BCUT2D eigenvalue weighted by Crippen LogP contribution is 2.36. The average Bonchev–Trinajstić information content (AvgIpc) is 2.70. The number of methoxy groups -OCH3 is 1. The summed E-state index contributed by atoms with van der Waals surface area (Å²) in [5, 5.41) is 9.52. The lowest BCUT2D eigenvalue weighted by atomic mass is 9.87. The number of halogens is 1. The predicted molar refractivity (Wildman–Crippen MR) is 68.4 cm³/mol. The fourth-order valence-corrected chi connectivity index (χ4v) is 2.78. The Labute approximate surface area is 111 Å². The molecule has 0 bridgehead atoms. The van der Waals surface area contributed by atoms with E-state index in [1.165, 1.54) is 7.11 Å². The van der Waals surface area contributed by atoms with Crippen LogP contribution < -0.4 is 0 Å². The predicted octanol–water partition coefficient (Wildman–Crippen LogP) is 2.12. The minimum Gasteiger partial charge on any atom is -0.508 e. The number of nitrogens with zero attached hydrogens (tertiary/aromatic N) is 1. The maximum atomic E-state index is 11.4. The minimum absolute atomic E-state index is 0.122. The van der Waals surface area contributed by atoms with E-state index < -0.39 is 0 Å². The summed E-state index contributed by atoms with van der Waals surface area (Å²) in [6, 6.07) is 7.11. The zero-order valence-corrected chi connectivity index (χ0v) is 10.9. The van der Waals surface area contributed by atoms with Crippen LogP contribution in [0.4, 0.5) is 0 Å². The number of phenols is 1. The molecule has 0 spiro atoms. The second-order valence-electron chi connectivity index (χ2n) is 4.57. The molecule has 1 aliphatic heterocycles. The Morgan fingerprint density at radius 1 is 1.56 bits per heavy atom. The van der Waals surface area contributed by atoms with E-state index in [1.54, 1.807) is 22.6 Å². The van der Waals surface area contributed by atoms with Gasteiger partial charge in [0.1, 0.15) is 5.75 Å². The Hall–Kier alpha value is -1.26. The molecule has 2 atom stereocenters. The van der Waals surface area contributed by atoms with Crippen molar-refractivity contribution in [3.05, 3.63) is 29.8 Å². The summed E-state index contributed by atoms with van der Waals surface area (Å²) in [4.78, 5) is 11.4. The molecule has 1 aromatic carbocycles. The standard InChI is InChI=1S/C13H16ClNO3/c1-18-13(17)6-10-7-15(14)8-12(10)9-3-2-4-11(16)5-9/h2-5,10,12,16H,6-8H2,1H3/t10-,12-/m0/s1. The zero-order valence-electron chi connectivity index (χ0n) is 10.2. The summed E-state index contributed by atoms with van der Waals surface area (Å²) in [6.07, 6.45) is 0.347. The number of hydrogen-bond acceptors (Lipinski definition) is 4. The van der Waals surface area contributed by atoms with Crippen molar-refractivity contribution in [2.75, 3.05) is 20.2 Å². The van der Waals surface area contributed by atoms with E-state index in [4.69, 9.17) is 16.5 Å². The van der Waals surface area contributed by atoms with E-state index in [0.717, 1.165) is 5.56 Å². The maximum Gasteiger partial charge on any atom is 0.305 e. The second-order valence-corrected chi connectivity index (χ2v) is 5.05. The number of benzene rings is 1. The number of phenolic OH excluding ortho intramolecular Hbond substituents is 1. The minimum atomic E-state index is -0.225. The zero-order chi connectivity index (χ0) is 13.1. The molecule has 5 heteroatoms. The molecular formula is C13H16ClNO3. The molecule has 0 aliphatic carbocycles. The molecule has 0 amide bonds. The number of carbonyl (C=O) groups is 1. The molecule has 1 fully saturated rings. The molecule has 2 rings (SSSR count). The lowest BCUT2D eigenvalue weighted by Gasteiger charge is -2.17. The number of carbonyl (C=O) groups excluding carboxylic acids is 1. The highest BCUT2D eigenvalue weighted by Gasteiger charge is 2.34. The van der Waals surface area contributed by atoms with Crippen molar-refractivity contribution < 1.29 is 14.6 Å². The molecule has 98 valence electrons.